The van der Waals surface area contributed by atoms with E-state index in [1.807, 2.05) is 17.5 Å². The molecule has 5 nitrogen and oxygen atoms in total. The highest BCUT2D eigenvalue weighted by Crippen LogP contribution is 2.21. The number of rotatable bonds is 5. The highest BCUT2D eigenvalue weighted by atomic mass is 35.5. The minimum atomic E-state index is -0.255. The number of nitrogens with one attached hydrogen (secondary N) is 2. The van der Waals surface area contributed by atoms with E-state index in [1.165, 1.54) is 9.78 Å². The van der Waals surface area contributed by atoms with E-state index in [0.717, 1.165) is 6.42 Å². The molecule has 0 saturated heterocycles. The summed E-state index contributed by atoms with van der Waals surface area (Å²) in [6.07, 6.45) is 0.790. The predicted molar refractivity (Wildman–Crippen MR) is 94.5 cm³/mol. The number of nitrogens with zero attached hydrogens (tertiary/aromatic N) is 1. The number of anilines is 1. The zero-order valence-electron chi connectivity index (χ0n) is 12.9. The standard InChI is InChI=1S/C16H18ClN3O2S/c1-20(2)16(22)19-11-5-6-13(14(17)10-11)15(21)18-8-7-12-4-3-9-23-12/h3-6,9-10H,7-8H2,1-2H3,(H,18,21)(H,19,22). The normalized spacial score (nSPS) is 10.2. The second kappa shape index (κ2) is 7.99. The average molecular weight is 352 g/mol. The van der Waals surface area contributed by atoms with E-state index in [9.17, 15) is 9.59 Å². The van der Waals surface area contributed by atoms with Crippen LogP contribution in [0.2, 0.25) is 5.02 Å². The van der Waals surface area contributed by atoms with Crippen LogP contribution in [0, 0.1) is 0 Å². The number of urea groups is 1. The first-order valence-electron chi connectivity index (χ1n) is 7.06. The Morgan fingerprint density at radius 1 is 1.26 bits per heavy atom. The molecule has 0 spiro atoms. The van der Waals surface area contributed by atoms with Crippen molar-refractivity contribution in [2.75, 3.05) is 26.0 Å². The van der Waals surface area contributed by atoms with Gasteiger partial charge in [-0.2, -0.15) is 0 Å². The van der Waals surface area contributed by atoms with Gasteiger partial charge in [-0.25, -0.2) is 4.79 Å². The molecule has 0 aliphatic heterocycles. The topological polar surface area (TPSA) is 61.4 Å². The minimum Gasteiger partial charge on any atom is -0.352 e. The van der Waals surface area contributed by atoms with E-state index in [0.29, 0.717) is 22.8 Å². The van der Waals surface area contributed by atoms with Crippen LogP contribution in [0.5, 0.6) is 0 Å². The van der Waals surface area contributed by atoms with Crippen molar-refractivity contribution < 1.29 is 9.59 Å². The third kappa shape index (κ3) is 4.97. The molecule has 2 N–H and O–H groups in total. The van der Waals surface area contributed by atoms with Crippen molar-refractivity contribution in [1.82, 2.24) is 10.2 Å². The zero-order valence-corrected chi connectivity index (χ0v) is 14.5. The molecule has 0 radical (unpaired) electrons. The number of amides is 3. The maximum atomic E-state index is 12.1. The molecule has 7 heteroatoms. The van der Waals surface area contributed by atoms with Crippen molar-refractivity contribution >= 4 is 40.6 Å². The number of halogens is 1. The van der Waals surface area contributed by atoms with Gasteiger partial charge in [-0.3, -0.25) is 4.79 Å². The predicted octanol–water partition coefficient (Wildman–Crippen LogP) is 3.47. The largest absolute Gasteiger partial charge is 0.352 e. The van der Waals surface area contributed by atoms with Crippen LogP contribution in [0.4, 0.5) is 10.5 Å². The molecule has 1 aromatic heterocycles. The second-order valence-electron chi connectivity index (χ2n) is 5.10. The molecule has 23 heavy (non-hydrogen) atoms. The van der Waals surface area contributed by atoms with Crippen LogP contribution in [-0.2, 0) is 6.42 Å². The Bertz CT molecular complexity index is 687. The van der Waals surface area contributed by atoms with Gasteiger partial charge in [-0.15, -0.1) is 11.3 Å². The third-order valence-corrected chi connectivity index (χ3v) is 4.36. The molecule has 0 unspecified atom stereocenters. The van der Waals surface area contributed by atoms with E-state index in [4.69, 9.17) is 11.6 Å². The Morgan fingerprint density at radius 2 is 2.04 bits per heavy atom. The van der Waals surface area contributed by atoms with Crippen LogP contribution in [0.1, 0.15) is 15.2 Å². The molecular weight excluding hydrogens is 334 g/mol. The number of thiophene rings is 1. The van der Waals surface area contributed by atoms with Gasteiger partial charge in [0.2, 0.25) is 0 Å². The first-order chi connectivity index (χ1) is 11.0. The van der Waals surface area contributed by atoms with Gasteiger partial charge in [0.25, 0.3) is 5.91 Å². The summed E-state index contributed by atoms with van der Waals surface area (Å²) >= 11 is 7.80. The maximum absolute atomic E-state index is 12.1. The molecular formula is C16H18ClN3O2S. The van der Waals surface area contributed by atoms with Crippen molar-refractivity contribution in [2.24, 2.45) is 0 Å². The van der Waals surface area contributed by atoms with Crippen LogP contribution >= 0.6 is 22.9 Å². The molecule has 2 rings (SSSR count). The molecule has 2 aromatic rings. The summed E-state index contributed by atoms with van der Waals surface area (Å²) < 4.78 is 0. The van der Waals surface area contributed by atoms with Crippen LogP contribution in [0.15, 0.2) is 35.7 Å². The van der Waals surface area contributed by atoms with Gasteiger partial charge in [0, 0.05) is 31.2 Å². The van der Waals surface area contributed by atoms with Gasteiger partial charge >= 0.3 is 6.03 Å². The summed E-state index contributed by atoms with van der Waals surface area (Å²) in [5.74, 6) is -0.225. The lowest BCUT2D eigenvalue weighted by Crippen LogP contribution is -2.27. The number of carbonyl (C=O) groups is 2. The highest BCUT2D eigenvalue weighted by molar-refractivity contribution is 7.09. The van der Waals surface area contributed by atoms with E-state index in [2.05, 4.69) is 10.6 Å². The van der Waals surface area contributed by atoms with E-state index in [-0.39, 0.29) is 11.9 Å². The lowest BCUT2D eigenvalue weighted by molar-refractivity contribution is 0.0954. The second-order valence-corrected chi connectivity index (χ2v) is 6.54. The number of hydrogen-bond donors (Lipinski definition) is 2. The van der Waals surface area contributed by atoms with E-state index >= 15 is 0 Å². The lowest BCUT2D eigenvalue weighted by atomic mass is 10.2. The third-order valence-electron chi connectivity index (χ3n) is 3.11. The Kier molecular flexibility index (Phi) is 6.01. The Morgan fingerprint density at radius 3 is 2.65 bits per heavy atom. The van der Waals surface area contributed by atoms with Gasteiger partial charge in [-0.05, 0) is 36.1 Å². The van der Waals surface area contributed by atoms with Crippen molar-refractivity contribution in [1.29, 1.82) is 0 Å². The summed E-state index contributed by atoms with van der Waals surface area (Å²) in [6.45, 7) is 0.550. The molecule has 3 amide bonds. The van der Waals surface area contributed by atoms with Gasteiger partial charge in [0.15, 0.2) is 0 Å². The van der Waals surface area contributed by atoms with Crippen LogP contribution in [0.25, 0.3) is 0 Å². The number of benzene rings is 1. The Labute approximate surface area is 144 Å². The van der Waals surface area contributed by atoms with Gasteiger partial charge in [-0.1, -0.05) is 17.7 Å². The SMILES string of the molecule is CN(C)C(=O)Nc1ccc(C(=O)NCCc2cccs2)c(Cl)c1. The van der Waals surface area contributed by atoms with Crippen LogP contribution < -0.4 is 10.6 Å². The fourth-order valence-electron chi connectivity index (χ4n) is 1.86. The molecule has 0 aliphatic carbocycles. The molecule has 1 aromatic carbocycles. The molecule has 1 heterocycles. The summed E-state index contributed by atoms with van der Waals surface area (Å²) in [7, 11) is 3.29. The van der Waals surface area contributed by atoms with Gasteiger partial charge < -0.3 is 15.5 Å². The van der Waals surface area contributed by atoms with Crippen molar-refractivity contribution in [2.45, 2.75) is 6.42 Å². The Balaban J connectivity index is 1.94. The summed E-state index contributed by atoms with van der Waals surface area (Å²) in [6, 6.07) is 8.59. The quantitative estimate of drug-likeness (QED) is 0.866. The average Bonchev–Trinajstić information content (AvgIpc) is 3.00. The summed E-state index contributed by atoms with van der Waals surface area (Å²) in [5.41, 5.74) is 0.935. The summed E-state index contributed by atoms with van der Waals surface area (Å²) in [5, 5.41) is 7.84. The first-order valence-corrected chi connectivity index (χ1v) is 8.31. The van der Waals surface area contributed by atoms with Crippen LogP contribution in [-0.4, -0.2) is 37.5 Å². The molecule has 0 aliphatic rings. The fourth-order valence-corrected chi connectivity index (χ4v) is 2.84. The van der Waals surface area contributed by atoms with E-state index in [1.54, 1.807) is 43.6 Å². The molecule has 0 atom stereocenters. The Hall–Kier alpha value is -2.05. The zero-order chi connectivity index (χ0) is 16.8. The van der Waals surface area contributed by atoms with Gasteiger partial charge in [0.1, 0.15) is 0 Å². The number of hydrogen-bond acceptors (Lipinski definition) is 3. The van der Waals surface area contributed by atoms with Crippen molar-refractivity contribution in [3.05, 3.63) is 51.2 Å². The first kappa shape index (κ1) is 17.3. The molecule has 0 fully saturated rings. The molecule has 122 valence electrons. The van der Waals surface area contributed by atoms with E-state index < -0.39 is 0 Å². The van der Waals surface area contributed by atoms with Crippen molar-refractivity contribution in [3.63, 3.8) is 0 Å². The smallest absolute Gasteiger partial charge is 0.321 e. The molecule has 0 saturated carbocycles. The van der Waals surface area contributed by atoms with Crippen LogP contribution in [0.3, 0.4) is 0 Å². The fraction of sp³-hybridized carbons (Fsp3) is 0.250. The monoisotopic (exact) mass is 351 g/mol. The molecule has 0 bridgehead atoms. The van der Waals surface area contributed by atoms with Crippen molar-refractivity contribution in [3.8, 4) is 0 Å². The summed E-state index contributed by atoms with van der Waals surface area (Å²) in [4.78, 5) is 26.4. The minimum absolute atomic E-state index is 0.225. The maximum Gasteiger partial charge on any atom is 0.321 e. The number of carbonyl (C=O) groups excluding carboxylic acids is 2. The highest BCUT2D eigenvalue weighted by Gasteiger charge is 2.12. The van der Waals surface area contributed by atoms with Gasteiger partial charge in [0.05, 0.1) is 10.6 Å². The lowest BCUT2D eigenvalue weighted by Gasteiger charge is -2.13.